The normalized spacial score (nSPS) is 10.6. The second kappa shape index (κ2) is 9.24. The largest absolute Gasteiger partial charge is 0.484 e. The van der Waals surface area contributed by atoms with Crippen molar-refractivity contribution in [1.29, 1.82) is 0 Å². The molecule has 0 saturated carbocycles. The van der Waals surface area contributed by atoms with E-state index in [1.54, 1.807) is 0 Å². The van der Waals surface area contributed by atoms with Crippen LogP contribution >= 0.6 is 27.3 Å². The Hall–Kier alpha value is -2.96. The van der Waals surface area contributed by atoms with Crippen LogP contribution in [0.15, 0.2) is 83.3 Å². The van der Waals surface area contributed by atoms with Crippen LogP contribution in [0.25, 0.3) is 22.4 Å². The molecule has 4 nitrogen and oxygen atoms in total. The first kappa shape index (κ1) is 20.3. The molecule has 0 saturated heterocycles. The average molecular weight is 479 g/mol. The summed E-state index contributed by atoms with van der Waals surface area (Å²) < 4.78 is 6.64. The SMILES string of the molecule is Cc1sc(NC(=O)COc2ccc(-c3ccccc3)cc2)nc1-c1ccc(Br)cc1. The van der Waals surface area contributed by atoms with E-state index in [2.05, 4.69) is 38.4 Å². The van der Waals surface area contributed by atoms with Gasteiger partial charge in [-0.1, -0.05) is 70.5 Å². The molecule has 1 heterocycles. The number of aryl methyl sites for hydroxylation is 1. The third kappa shape index (κ3) is 4.96. The second-order valence-electron chi connectivity index (χ2n) is 6.66. The monoisotopic (exact) mass is 478 g/mol. The number of amides is 1. The number of ether oxygens (including phenoxy) is 1. The number of benzene rings is 3. The predicted octanol–water partition coefficient (Wildman–Crippen LogP) is 6.57. The number of rotatable bonds is 6. The summed E-state index contributed by atoms with van der Waals surface area (Å²) in [7, 11) is 0. The third-order valence-corrected chi connectivity index (χ3v) is 5.91. The molecule has 150 valence electrons. The van der Waals surface area contributed by atoms with Gasteiger partial charge in [0.25, 0.3) is 5.91 Å². The van der Waals surface area contributed by atoms with E-state index in [-0.39, 0.29) is 12.5 Å². The molecule has 1 amide bonds. The first-order valence-corrected chi connectivity index (χ1v) is 11.0. The van der Waals surface area contributed by atoms with Crippen LogP contribution in [0.3, 0.4) is 0 Å². The third-order valence-electron chi connectivity index (χ3n) is 4.49. The first-order chi connectivity index (χ1) is 14.6. The van der Waals surface area contributed by atoms with Crippen LogP contribution in [0.4, 0.5) is 5.13 Å². The maximum absolute atomic E-state index is 12.3. The first-order valence-electron chi connectivity index (χ1n) is 9.40. The van der Waals surface area contributed by atoms with Crippen molar-refractivity contribution in [3.63, 3.8) is 0 Å². The Morgan fingerprint density at radius 1 is 0.933 bits per heavy atom. The lowest BCUT2D eigenvalue weighted by atomic mass is 10.1. The summed E-state index contributed by atoms with van der Waals surface area (Å²) >= 11 is 4.89. The van der Waals surface area contributed by atoms with Crippen molar-refractivity contribution in [3.8, 4) is 28.1 Å². The van der Waals surface area contributed by atoms with E-state index < -0.39 is 0 Å². The number of carbonyl (C=O) groups excluding carboxylic acids is 1. The van der Waals surface area contributed by atoms with E-state index in [1.165, 1.54) is 11.3 Å². The van der Waals surface area contributed by atoms with Crippen LogP contribution in [0.5, 0.6) is 5.75 Å². The molecule has 4 aromatic rings. The highest BCUT2D eigenvalue weighted by Gasteiger charge is 2.12. The van der Waals surface area contributed by atoms with Gasteiger partial charge in [0, 0.05) is 14.9 Å². The number of carbonyl (C=O) groups is 1. The molecule has 0 atom stereocenters. The van der Waals surface area contributed by atoms with E-state index >= 15 is 0 Å². The lowest BCUT2D eigenvalue weighted by Gasteiger charge is -2.07. The molecule has 0 aliphatic rings. The van der Waals surface area contributed by atoms with Crippen molar-refractivity contribution >= 4 is 38.3 Å². The van der Waals surface area contributed by atoms with Crippen LogP contribution in [0.2, 0.25) is 0 Å². The summed E-state index contributed by atoms with van der Waals surface area (Å²) in [4.78, 5) is 17.9. The van der Waals surface area contributed by atoms with Crippen molar-refractivity contribution in [2.75, 3.05) is 11.9 Å². The lowest BCUT2D eigenvalue weighted by Crippen LogP contribution is -2.20. The molecule has 0 bridgehead atoms. The van der Waals surface area contributed by atoms with Gasteiger partial charge in [0.05, 0.1) is 5.69 Å². The molecule has 6 heteroatoms. The number of nitrogens with zero attached hydrogens (tertiary/aromatic N) is 1. The molecule has 4 rings (SSSR count). The molecule has 0 fully saturated rings. The van der Waals surface area contributed by atoms with Crippen molar-refractivity contribution in [3.05, 3.63) is 88.2 Å². The van der Waals surface area contributed by atoms with Gasteiger partial charge in [-0.3, -0.25) is 10.1 Å². The number of nitrogens with one attached hydrogen (secondary N) is 1. The molecule has 1 aromatic heterocycles. The molecule has 1 N–H and O–H groups in total. The molecule has 0 radical (unpaired) electrons. The zero-order valence-electron chi connectivity index (χ0n) is 16.3. The highest BCUT2D eigenvalue weighted by Crippen LogP contribution is 2.31. The van der Waals surface area contributed by atoms with Crippen LogP contribution in [-0.2, 0) is 4.79 Å². The Balaban J connectivity index is 1.35. The molecule has 30 heavy (non-hydrogen) atoms. The Kier molecular flexibility index (Phi) is 6.26. The molecule has 0 aliphatic carbocycles. The number of hydrogen-bond donors (Lipinski definition) is 1. The number of thiazole rings is 1. The second-order valence-corrected chi connectivity index (χ2v) is 8.78. The fraction of sp³-hybridized carbons (Fsp3) is 0.0833. The number of hydrogen-bond acceptors (Lipinski definition) is 4. The number of anilines is 1. The summed E-state index contributed by atoms with van der Waals surface area (Å²) in [6.45, 7) is 1.92. The minimum absolute atomic E-state index is 0.0725. The fourth-order valence-electron chi connectivity index (χ4n) is 3.00. The summed E-state index contributed by atoms with van der Waals surface area (Å²) in [6.07, 6.45) is 0. The van der Waals surface area contributed by atoms with Crippen LogP contribution < -0.4 is 10.1 Å². The van der Waals surface area contributed by atoms with Gasteiger partial charge in [-0.05, 0) is 42.3 Å². The molecule has 0 spiro atoms. The minimum atomic E-state index is -0.238. The smallest absolute Gasteiger partial charge is 0.264 e. The molecular formula is C24H19BrN2O2S. The van der Waals surface area contributed by atoms with Gasteiger partial charge in [0.1, 0.15) is 5.75 Å². The van der Waals surface area contributed by atoms with Gasteiger partial charge in [-0.2, -0.15) is 0 Å². The average Bonchev–Trinajstić information content (AvgIpc) is 3.13. The van der Waals surface area contributed by atoms with Crippen LogP contribution in [0, 0.1) is 6.92 Å². The van der Waals surface area contributed by atoms with Crippen molar-refractivity contribution in [2.45, 2.75) is 6.92 Å². The van der Waals surface area contributed by atoms with Crippen LogP contribution in [-0.4, -0.2) is 17.5 Å². The van der Waals surface area contributed by atoms with Crippen LogP contribution in [0.1, 0.15) is 4.88 Å². The van der Waals surface area contributed by atoms with E-state index in [0.29, 0.717) is 10.9 Å². The zero-order chi connectivity index (χ0) is 20.9. The number of halogens is 1. The number of aromatic nitrogens is 1. The molecule has 0 unspecified atom stereocenters. The summed E-state index contributed by atoms with van der Waals surface area (Å²) in [6, 6.07) is 25.8. The Morgan fingerprint density at radius 3 is 2.27 bits per heavy atom. The predicted molar refractivity (Wildman–Crippen MR) is 126 cm³/mol. The van der Waals surface area contributed by atoms with Crippen molar-refractivity contribution < 1.29 is 9.53 Å². The maximum atomic E-state index is 12.3. The van der Waals surface area contributed by atoms with Crippen molar-refractivity contribution in [1.82, 2.24) is 4.98 Å². The quantitative estimate of drug-likeness (QED) is 0.341. The van der Waals surface area contributed by atoms with Gasteiger partial charge in [0.15, 0.2) is 11.7 Å². The summed E-state index contributed by atoms with van der Waals surface area (Å²) in [5.41, 5.74) is 4.14. The zero-order valence-corrected chi connectivity index (χ0v) is 18.7. The van der Waals surface area contributed by atoms with Gasteiger partial charge < -0.3 is 4.74 Å². The molecular weight excluding hydrogens is 460 g/mol. The minimum Gasteiger partial charge on any atom is -0.484 e. The van der Waals surface area contributed by atoms with E-state index in [9.17, 15) is 4.79 Å². The van der Waals surface area contributed by atoms with E-state index in [1.807, 2.05) is 73.7 Å². The van der Waals surface area contributed by atoms with Gasteiger partial charge in [-0.15, -0.1) is 11.3 Å². The van der Waals surface area contributed by atoms with Gasteiger partial charge in [0.2, 0.25) is 0 Å². The Morgan fingerprint density at radius 2 is 1.57 bits per heavy atom. The summed E-state index contributed by atoms with van der Waals surface area (Å²) in [5.74, 6) is 0.411. The highest BCUT2D eigenvalue weighted by atomic mass is 79.9. The van der Waals surface area contributed by atoms with Gasteiger partial charge >= 0.3 is 0 Å². The van der Waals surface area contributed by atoms with E-state index in [0.717, 1.165) is 31.7 Å². The van der Waals surface area contributed by atoms with Gasteiger partial charge in [-0.25, -0.2) is 4.98 Å². The van der Waals surface area contributed by atoms with E-state index in [4.69, 9.17) is 4.74 Å². The maximum Gasteiger partial charge on any atom is 0.264 e. The molecule has 3 aromatic carbocycles. The van der Waals surface area contributed by atoms with Crippen molar-refractivity contribution in [2.24, 2.45) is 0 Å². The topological polar surface area (TPSA) is 51.2 Å². The Bertz CT molecular complexity index is 1140. The highest BCUT2D eigenvalue weighted by molar-refractivity contribution is 9.10. The standard InChI is InChI=1S/C24H19BrN2O2S/c1-16-23(19-7-11-20(25)12-8-19)27-24(30-16)26-22(28)15-29-21-13-9-18(10-14-21)17-5-3-2-4-6-17/h2-14H,15H2,1H3,(H,26,27,28). The molecule has 0 aliphatic heterocycles. The lowest BCUT2D eigenvalue weighted by molar-refractivity contribution is -0.118. The Labute approximate surface area is 187 Å². The fourth-order valence-corrected chi connectivity index (χ4v) is 4.12. The summed E-state index contributed by atoms with van der Waals surface area (Å²) in [5, 5.41) is 3.39.